The van der Waals surface area contributed by atoms with Gasteiger partial charge in [-0.2, -0.15) is 0 Å². The molecule has 2 aromatic rings. The van der Waals surface area contributed by atoms with Crippen LogP contribution in [-0.4, -0.2) is 79.9 Å². The Morgan fingerprint density at radius 2 is 1.69 bits per heavy atom. The Labute approximate surface area is 233 Å². The predicted molar refractivity (Wildman–Crippen MR) is 154 cm³/mol. The van der Waals surface area contributed by atoms with Gasteiger partial charge in [0.2, 0.25) is 17.7 Å². The lowest BCUT2D eigenvalue weighted by Gasteiger charge is -2.26. The second kappa shape index (κ2) is 15.7. The van der Waals surface area contributed by atoms with Gasteiger partial charge in [0.05, 0.1) is 32.7 Å². The molecule has 3 amide bonds. The highest BCUT2D eigenvalue weighted by molar-refractivity contribution is 5.90. The quantitative estimate of drug-likeness (QED) is 0.271. The number of nitrogens with zero attached hydrogens (tertiary/aromatic N) is 2. The Bertz CT molecular complexity index is 1140. The van der Waals surface area contributed by atoms with E-state index in [0.29, 0.717) is 19.7 Å². The Hall–Kier alpha value is -3.67. The zero-order valence-electron chi connectivity index (χ0n) is 23.9. The molecule has 210 valence electrons. The van der Waals surface area contributed by atoms with Crippen LogP contribution in [0.2, 0.25) is 0 Å². The summed E-state index contributed by atoms with van der Waals surface area (Å²) in [7, 11) is 3.44. The van der Waals surface area contributed by atoms with Crippen molar-refractivity contribution in [1.29, 1.82) is 0 Å². The summed E-state index contributed by atoms with van der Waals surface area (Å²) in [5, 5.41) is 5.58. The van der Waals surface area contributed by atoms with Crippen molar-refractivity contribution in [2.75, 3.05) is 46.9 Å². The number of hydrogen-bond donors (Lipinski definition) is 2. The van der Waals surface area contributed by atoms with Crippen molar-refractivity contribution in [3.63, 3.8) is 0 Å². The fourth-order valence-electron chi connectivity index (χ4n) is 3.84. The van der Waals surface area contributed by atoms with E-state index >= 15 is 0 Å². The lowest BCUT2D eigenvalue weighted by atomic mass is 10.00. The molecular weight excluding hydrogens is 492 g/mol. The number of terminal acetylenes is 1. The molecule has 0 saturated carbocycles. The van der Waals surface area contributed by atoms with Crippen LogP contribution in [0.3, 0.4) is 0 Å². The van der Waals surface area contributed by atoms with E-state index in [4.69, 9.17) is 11.2 Å². The predicted octanol–water partition coefficient (Wildman–Crippen LogP) is 2.53. The Kier molecular flexibility index (Phi) is 12.7. The molecular formula is C31H42N4O4. The Balaban J connectivity index is 1.66. The van der Waals surface area contributed by atoms with E-state index in [1.807, 2.05) is 18.2 Å². The summed E-state index contributed by atoms with van der Waals surface area (Å²) in [6.07, 6.45) is 6.27. The second-order valence-electron chi connectivity index (χ2n) is 10.3. The molecule has 0 aliphatic carbocycles. The number of carbonyl (C=O) groups excluding carboxylic acids is 3. The van der Waals surface area contributed by atoms with Gasteiger partial charge in [-0.1, -0.05) is 54.5 Å². The number of ether oxygens (including phenoxy) is 1. The summed E-state index contributed by atoms with van der Waals surface area (Å²) < 4.78 is 5.69. The minimum absolute atomic E-state index is 0.0910. The van der Waals surface area contributed by atoms with Crippen molar-refractivity contribution in [2.45, 2.75) is 45.8 Å². The molecule has 0 saturated heterocycles. The van der Waals surface area contributed by atoms with Crippen molar-refractivity contribution in [1.82, 2.24) is 20.4 Å². The second-order valence-corrected chi connectivity index (χ2v) is 10.3. The maximum Gasteiger partial charge on any atom is 0.245 e. The number of amides is 3. The average molecular weight is 535 g/mol. The molecule has 0 unspecified atom stereocenters. The van der Waals surface area contributed by atoms with E-state index in [0.717, 1.165) is 12.0 Å². The molecule has 0 spiro atoms. The SMILES string of the molecule is C#CCN(C)C(=O)CN(C)CCNC(=O)C(C)(C)NC(=O)CCOCc1ccc(Cc2ccccc2C)cc1. The van der Waals surface area contributed by atoms with E-state index in [2.05, 4.69) is 53.8 Å². The topological polar surface area (TPSA) is 91.0 Å². The molecule has 8 heteroatoms. The van der Waals surface area contributed by atoms with Crippen LogP contribution >= 0.6 is 0 Å². The zero-order valence-corrected chi connectivity index (χ0v) is 23.9. The van der Waals surface area contributed by atoms with Gasteiger partial charge in [-0.3, -0.25) is 19.3 Å². The fourth-order valence-corrected chi connectivity index (χ4v) is 3.84. The van der Waals surface area contributed by atoms with E-state index in [1.165, 1.54) is 21.6 Å². The van der Waals surface area contributed by atoms with Crippen molar-refractivity contribution in [2.24, 2.45) is 0 Å². The minimum atomic E-state index is -1.08. The first-order chi connectivity index (χ1) is 18.5. The van der Waals surface area contributed by atoms with Crippen LogP contribution < -0.4 is 10.6 Å². The summed E-state index contributed by atoms with van der Waals surface area (Å²) in [4.78, 5) is 40.3. The summed E-state index contributed by atoms with van der Waals surface area (Å²) in [5.41, 5.74) is 3.79. The number of benzene rings is 2. The van der Waals surface area contributed by atoms with E-state index < -0.39 is 5.54 Å². The number of likely N-dealkylation sites (N-methyl/N-ethyl adjacent to an activating group) is 2. The Morgan fingerprint density at radius 3 is 2.36 bits per heavy atom. The molecule has 0 aliphatic heterocycles. The van der Waals surface area contributed by atoms with Crippen LogP contribution in [0.25, 0.3) is 0 Å². The molecule has 0 radical (unpaired) electrons. The number of rotatable bonds is 15. The van der Waals surface area contributed by atoms with Crippen LogP contribution in [0.4, 0.5) is 0 Å². The van der Waals surface area contributed by atoms with Gasteiger partial charge >= 0.3 is 0 Å². The number of hydrogen-bond acceptors (Lipinski definition) is 5. The van der Waals surface area contributed by atoms with Crippen LogP contribution in [0.15, 0.2) is 48.5 Å². The zero-order chi connectivity index (χ0) is 28.8. The van der Waals surface area contributed by atoms with Crippen molar-refractivity contribution in [3.05, 3.63) is 70.8 Å². The van der Waals surface area contributed by atoms with E-state index in [1.54, 1.807) is 32.8 Å². The van der Waals surface area contributed by atoms with Crippen LogP contribution in [0.5, 0.6) is 0 Å². The van der Waals surface area contributed by atoms with Gasteiger partial charge in [-0.15, -0.1) is 6.42 Å². The maximum absolute atomic E-state index is 12.6. The van der Waals surface area contributed by atoms with Crippen LogP contribution in [0, 0.1) is 19.3 Å². The van der Waals surface area contributed by atoms with Crippen LogP contribution in [0.1, 0.15) is 42.5 Å². The lowest BCUT2D eigenvalue weighted by Crippen LogP contribution is -2.55. The van der Waals surface area contributed by atoms with Gasteiger partial charge in [0.25, 0.3) is 0 Å². The fraction of sp³-hybridized carbons (Fsp3) is 0.452. The van der Waals surface area contributed by atoms with Crippen LogP contribution in [-0.2, 0) is 32.1 Å². The monoisotopic (exact) mass is 534 g/mol. The highest BCUT2D eigenvalue weighted by atomic mass is 16.5. The summed E-state index contributed by atoms with van der Waals surface area (Å²) in [5.74, 6) is 1.78. The molecule has 0 heterocycles. The molecule has 2 N–H and O–H groups in total. The summed E-state index contributed by atoms with van der Waals surface area (Å²) >= 11 is 0. The molecule has 0 aromatic heterocycles. The first kappa shape index (κ1) is 31.5. The van der Waals surface area contributed by atoms with Gasteiger partial charge in [-0.05, 0) is 56.5 Å². The molecule has 0 fully saturated rings. The number of carbonyl (C=O) groups is 3. The van der Waals surface area contributed by atoms with Gasteiger partial charge < -0.3 is 20.3 Å². The molecule has 0 bridgehead atoms. The minimum Gasteiger partial charge on any atom is -0.376 e. The van der Waals surface area contributed by atoms with Crippen molar-refractivity contribution in [3.8, 4) is 12.3 Å². The maximum atomic E-state index is 12.6. The molecule has 0 aliphatic rings. The number of aryl methyl sites for hydroxylation is 1. The summed E-state index contributed by atoms with van der Waals surface area (Å²) in [6, 6.07) is 16.7. The third kappa shape index (κ3) is 11.3. The standard InChI is InChI=1S/C31H42N4O4/c1-7-18-35(6)29(37)22-34(5)19-17-32-30(38)31(3,4)33-28(36)16-20-39-23-26-14-12-25(13-15-26)21-27-11-9-8-10-24(27)2/h1,8-15H,16-23H2,2-6H3,(H,32,38)(H,33,36). The highest BCUT2D eigenvalue weighted by Gasteiger charge is 2.29. The molecule has 39 heavy (non-hydrogen) atoms. The smallest absolute Gasteiger partial charge is 0.245 e. The average Bonchev–Trinajstić information content (AvgIpc) is 2.88. The van der Waals surface area contributed by atoms with E-state index in [9.17, 15) is 14.4 Å². The van der Waals surface area contributed by atoms with Gasteiger partial charge in [-0.25, -0.2) is 0 Å². The first-order valence-electron chi connectivity index (χ1n) is 13.2. The van der Waals surface area contributed by atoms with Crippen molar-refractivity contribution >= 4 is 17.7 Å². The number of nitrogens with one attached hydrogen (secondary N) is 2. The Morgan fingerprint density at radius 1 is 1.03 bits per heavy atom. The lowest BCUT2D eigenvalue weighted by molar-refractivity contribution is -0.133. The molecule has 2 aromatic carbocycles. The normalized spacial score (nSPS) is 11.1. The van der Waals surface area contributed by atoms with Gasteiger partial charge in [0.15, 0.2) is 0 Å². The largest absolute Gasteiger partial charge is 0.376 e. The van der Waals surface area contributed by atoms with E-state index in [-0.39, 0.29) is 43.8 Å². The third-order valence-corrected chi connectivity index (χ3v) is 6.38. The van der Waals surface area contributed by atoms with Gasteiger partial charge in [0, 0.05) is 20.1 Å². The third-order valence-electron chi connectivity index (χ3n) is 6.38. The highest BCUT2D eigenvalue weighted by Crippen LogP contribution is 2.15. The molecule has 0 atom stereocenters. The molecule has 2 rings (SSSR count). The first-order valence-corrected chi connectivity index (χ1v) is 13.2. The molecule has 8 nitrogen and oxygen atoms in total. The summed E-state index contributed by atoms with van der Waals surface area (Å²) in [6.45, 7) is 7.37. The van der Waals surface area contributed by atoms with Crippen molar-refractivity contribution < 1.29 is 19.1 Å². The van der Waals surface area contributed by atoms with Gasteiger partial charge in [0.1, 0.15) is 5.54 Å².